The molecule has 0 radical (unpaired) electrons. The van der Waals surface area contributed by atoms with E-state index in [1.807, 2.05) is 12.1 Å². The molecule has 2 rings (SSSR count). The smallest absolute Gasteiger partial charge is 0.139 e. The maximum absolute atomic E-state index is 8.72. The van der Waals surface area contributed by atoms with Crippen molar-refractivity contribution in [1.29, 1.82) is 5.26 Å². The first-order valence-corrected chi connectivity index (χ1v) is 3.73. The summed E-state index contributed by atoms with van der Waals surface area (Å²) in [4.78, 5) is 6.83. The summed E-state index contributed by atoms with van der Waals surface area (Å²) in [5, 5.41) is 9.84. The van der Waals surface area contributed by atoms with Crippen molar-refractivity contribution in [2.75, 3.05) is 0 Å². The molecule has 0 aromatic carbocycles. The maximum Gasteiger partial charge on any atom is 0.139 e. The Labute approximate surface area is 73.6 Å². The number of rotatable bonds is 0. The molecule has 0 atom stereocenters. The quantitative estimate of drug-likeness (QED) is 0.670. The van der Waals surface area contributed by atoms with Crippen molar-refractivity contribution in [1.82, 2.24) is 9.97 Å². The number of halogens is 1. The van der Waals surface area contributed by atoms with Gasteiger partial charge in [0.2, 0.25) is 0 Å². The molecule has 0 fully saturated rings. The lowest BCUT2D eigenvalue weighted by atomic mass is 10.2. The van der Waals surface area contributed by atoms with E-state index in [4.69, 9.17) is 16.9 Å². The van der Waals surface area contributed by atoms with Gasteiger partial charge in [0.1, 0.15) is 16.9 Å². The van der Waals surface area contributed by atoms with Crippen molar-refractivity contribution in [3.8, 4) is 6.07 Å². The molecule has 4 heteroatoms. The van der Waals surface area contributed by atoms with Crippen LogP contribution in [0.3, 0.4) is 0 Å². The average Bonchev–Trinajstić information content (AvgIpc) is 2.40. The number of nitrogens with zero attached hydrogens (tertiary/aromatic N) is 2. The first-order valence-electron chi connectivity index (χ1n) is 3.35. The molecule has 12 heavy (non-hydrogen) atoms. The predicted octanol–water partition coefficient (Wildman–Crippen LogP) is 2.09. The van der Waals surface area contributed by atoms with Crippen molar-refractivity contribution in [3.05, 3.63) is 29.0 Å². The van der Waals surface area contributed by atoms with E-state index >= 15 is 0 Å². The van der Waals surface area contributed by atoms with Crippen LogP contribution in [0.2, 0.25) is 5.15 Å². The van der Waals surface area contributed by atoms with Crippen LogP contribution in [-0.4, -0.2) is 9.97 Å². The monoisotopic (exact) mass is 177 g/mol. The second-order valence-electron chi connectivity index (χ2n) is 2.33. The number of H-pyrrole nitrogens is 1. The predicted molar refractivity (Wildman–Crippen MR) is 45.8 cm³/mol. The molecular formula is C8H4ClN3. The molecule has 1 N–H and O–H groups in total. The van der Waals surface area contributed by atoms with Crippen molar-refractivity contribution >= 4 is 22.6 Å². The molecule has 2 aromatic rings. The lowest BCUT2D eigenvalue weighted by Gasteiger charge is -1.84. The number of fused-ring (bicyclic) bond motifs is 1. The Morgan fingerprint density at radius 2 is 2.42 bits per heavy atom. The normalized spacial score (nSPS) is 10.0. The minimum Gasteiger partial charge on any atom is -0.329 e. The van der Waals surface area contributed by atoms with Gasteiger partial charge in [0.15, 0.2) is 0 Å². The molecule has 3 nitrogen and oxygen atoms in total. The molecule has 0 unspecified atom stereocenters. The number of hydrogen-bond donors (Lipinski definition) is 1. The van der Waals surface area contributed by atoms with E-state index in [0.717, 1.165) is 5.39 Å². The molecule has 0 bridgehead atoms. The molecule has 0 aliphatic carbocycles. The highest BCUT2D eigenvalue weighted by atomic mass is 35.5. The molecule has 0 amide bonds. The average molecular weight is 178 g/mol. The number of nitrogens with one attached hydrogen (secondary N) is 1. The summed E-state index contributed by atoms with van der Waals surface area (Å²) < 4.78 is 0. The van der Waals surface area contributed by atoms with Gasteiger partial charge in [-0.05, 0) is 12.1 Å². The highest BCUT2D eigenvalue weighted by Gasteiger charge is 2.08. The van der Waals surface area contributed by atoms with E-state index in [0.29, 0.717) is 16.4 Å². The fraction of sp³-hybridized carbons (Fsp3) is 0. The third-order valence-corrected chi connectivity index (χ3v) is 1.92. The molecular weight excluding hydrogens is 174 g/mol. The van der Waals surface area contributed by atoms with Gasteiger partial charge in [0, 0.05) is 11.6 Å². The molecule has 2 heterocycles. The second-order valence-corrected chi connectivity index (χ2v) is 2.70. The zero-order chi connectivity index (χ0) is 8.55. The van der Waals surface area contributed by atoms with Crippen LogP contribution in [-0.2, 0) is 0 Å². The summed E-state index contributed by atoms with van der Waals surface area (Å²) in [7, 11) is 0. The standard InChI is InChI=1S/C8H4ClN3/c9-7-6(4-10)5-2-1-3-11-8(5)12-7/h1-3H,(H,11,12). The fourth-order valence-corrected chi connectivity index (χ4v) is 1.33. The Bertz CT molecular complexity index is 467. The zero-order valence-electron chi connectivity index (χ0n) is 6.00. The highest BCUT2D eigenvalue weighted by Crippen LogP contribution is 2.22. The Morgan fingerprint density at radius 1 is 1.58 bits per heavy atom. The van der Waals surface area contributed by atoms with Gasteiger partial charge in [-0.25, -0.2) is 4.98 Å². The van der Waals surface area contributed by atoms with Crippen molar-refractivity contribution < 1.29 is 0 Å². The number of hydrogen-bond acceptors (Lipinski definition) is 2. The summed E-state index contributed by atoms with van der Waals surface area (Å²) in [5.74, 6) is 0. The lowest BCUT2D eigenvalue weighted by Crippen LogP contribution is -1.72. The van der Waals surface area contributed by atoms with Crippen LogP contribution in [0.25, 0.3) is 11.0 Å². The van der Waals surface area contributed by atoms with Gasteiger partial charge < -0.3 is 4.98 Å². The van der Waals surface area contributed by atoms with Crippen LogP contribution in [0, 0.1) is 11.3 Å². The number of nitriles is 1. The summed E-state index contributed by atoms with van der Waals surface area (Å²) in [5.41, 5.74) is 1.11. The Morgan fingerprint density at radius 3 is 3.17 bits per heavy atom. The van der Waals surface area contributed by atoms with E-state index in [-0.39, 0.29) is 0 Å². The summed E-state index contributed by atoms with van der Waals surface area (Å²) in [6, 6.07) is 5.60. The lowest BCUT2D eigenvalue weighted by molar-refractivity contribution is 1.32. The van der Waals surface area contributed by atoms with Crippen LogP contribution in [0.4, 0.5) is 0 Å². The van der Waals surface area contributed by atoms with Crippen molar-refractivity contribution in [2.45, 2.75) is 0 Å². The second kappa shape index (κ2) is 2.50. The molecule has 2 aromatic heterocycles. The van der Waals surface area contributed by atoms with E-state index in [1.165, 1.54) is 0 Å². The Balaban J connectivity index is 2.93. The highest BCUT2D eigenvalue weighted by molar-refractivity contribution is 6.32. The van der Waals surface area contributed by atoms with Gasteiger partial charge >= 0.3 is 0 Å². The molecule has 0 spiro atoms. The number of aromatic nitrogens is 2. The van der Waals surface area contributed by atoms with Crippen molar-refractivity contribution in [3.63, 3.8) is 0 Å². The Kier molecular flexibility index (Phi) is 1.49. The molecule has 0 aliphatic rings. The third-order valence-electron chi connectivity index (χ3n) is 1.64. The Hall–Kier alpha value is -1.53. The minimum atomic E-state index is 0.353. The van der Waals surface area contributed by atoms with Gasteiger partial charge in [-0.1, -0.05) is 11.6 Å². The minimum absolute atomic E-state index is 0.353. The van der Waals surface area contributed by atoms with Crippen molar-refractivity contribution in [2.24, 2.45) is 0 Å². The molecule has 0 saturated carbocycles. The van der Waals surface area contributed by atoms with Crippen LogP contribution in [0.5, 0.6) is 0 Å². The van der Waals surface area contributed by atoms with Gasteiger partial charge in [0.25, 0.3) is 0 Å². The number of pyridine rings is 1. The van der Waals surface area contributed by atoms with E-state index in [9.17, 15) is 0 Å². The fourth-order valence-electron chi connectivity index (χ4n) is 1.10. The maximum atomic E-state index is 8.72. The third kappa shape index (κ3) is 0.858. The number of aromatic amines is 1. The van der Waals surface area contributed by atoms with E-state index in [1.54, 1.807) is 12.3 Å². The van der Waals surface area contributed by atoms with Gasteiger partial charge in [-0.3, -0.25) is 0 Å². The molecule has 0 aliphatic heterocycles. The van der Waals surface area contributed by atoms with Crippen LogP contribution < -0.4 is 0 Å². The summed E-state index contributed by atoms with van der Waals surface area (Å²) >= 11 is 5.75. The largest absolute Gasteiger partial charge is 0.329 e. The summed E-state index contributed by atoms with van der Waals surface area (Å²) in [6.07, 6.45) is 1.65. The van der Waals surface area contributed by atoms with E-state index in [2.05, 4.69) is 9.97 Å². The van der Waals surface area contributed by atoms with Gasteiger partial charge in [-0.2, -0.15) is 5.26 Å². The molecule has 58 valence electrons. The van der Waals surface area contributed by atoms with Crippen LogP contribution in [0.1, 0.15) is 5.56 Å². The first kappa shape index (κ1) is 7.14. The summed E-state index contributed by atoms with van der Waals surface area (Å²) in [6.45, 7) is 0. The first-order chi connectivity index (χ1) is 5.83. The van der Waals surface area contributed by atoms with Gasteiger partial charge in [-0.15, -0.1) is 0 Å². The van der Waals surface area contributed by atoms with Crippen LogP contribution in [0.15, 0.2) is 18.3 Å². The zero-order valence-corrected chi connectivity index (χ0v) is 6.76. The SMILES string of the molecule is N#Cc1c(Cl)[nH]c2ncccc12. The van der Waals surface area contributed by atoms with Crippen LogP contribution >= 0.6 is 11.6 Å². The van der Waals surface area contributed by atoms with Gasteiger partial charge in [0.05, 0.1) is 5.56 Å². The molecule has 0 saturated heterocycles. The topological polar surface area (TPSA) is 52.5 Å². The van der Waals surface area contributed by atoms with E-state index < -0.39 is 0 Å².